The molecule has 104 valence electrons. The van der Waals surface area contributed by atoms with Crippen LogP contribution in [0.3, 0.4) is 0 Å². The minimum atomic E-state index is 0.239. The molecule has 1 aromatic carbocycles. The van der Waals surface area contributed by atoms with Gasteiger partial charge in [0.25, 0.3) is 0 Å². The fraction of sp³-hybridized carbons (Fsp3) is 0.562. The number of hydrogen-bond acceptors (Lipinski definition) is 1. The van der Waals surface area contributed by atoms with Crippen molar-refractivity contribution >= 4 is 17.5 Å². The molecule has 1 amide bonds. The van der Waals surface area contributed by atoms with E-state index in [0.29, 0.717) is 18.2 Å². The van der Waals surface area contributed by atoms with Gasteiger partial charge in [0.1, 0.15) is 0 Å². The molecule has 19 heavy (non-hydrogen) atoms. The maximum atomic E-state index is 12.4. The van der Waals surface area contributed by atoms with Gasteiger partial charge in [0.05, 0.1) is 6.42 Å². The highest BCUT2D eigenvalue weighted by atomic mass is 35.5. The van der Waals surface area contributed by atoms with E-state index in [1.807, 2.05) is 4.90 Å². The average molecular weight is 280 g/mol. The van der Waals surface area contributed by atoms with Crippen molar-refractivity contribution in [2.24, 2.45) is 5.92 Å². The minimum absolute atomic E-state index is 0.239. The third kappa shape index (κ3) is 3.73. The normalized spacial score (nSPS) is 19.5. The molecule has 0 aromatic heterocycles. The lowest BCUT2D eigenvalue weighted by atomic mass is 9.98. The van der Waals surface area contributed by atoms with E-state index in [4.69, 9.17) is 11.6 Å². The first-order valence-electron chi connectivity index (χ1n) is 7.00. The molecular weight excluding hydrogens is 258 g/mol. The predicted molar refractivity (Wildman–Crippen MR) is 79.6 cm³/mol. The van der Waals surface area contributed by atoms with E-state index >= 15 is 0 Å². The standard InChI is InChI=1S/C16H22ClNO/c1-12-5-6-13(2)15(8-12)9-16(19)18-7-3-4-14(10-17)11-18/h5-6,8,14H,3-4,7,9-11H2,1-2H3. The van der Waals surface area contributed by atoms with Crippen molar-refractivity contribution in [3.05, 3.63) is 34.9 Å². The number of amides is 1. The van der Waals surface area contributed by atoms with Crippen LogP contribution in [0.25, 0.3) is 0 Å². The molecular formula is C16H22ClNO. The molecule has 1 saturated heterocycles. The molecule has 1 heterocycles. The first-order chi connectivity index (χ1) is 9.10. The second-order valence-corrected chi connectivity index (χ2v) is 5.92. The van der Waals surface area contributed by atoms with Crippen molar-refractivity contribution in [1.29, 1.82) is 0 Å². The summed E-state index contributed by atoms with van der Waals surface area (Å²) >= 11 is 5.92. The van der Waals surface area contributed by atoms with E-state index in [1.165, 1.54) is 11.1 Å². The number of piperidine rings is 1. The fourth-order valence-corrected chi connectivity index (χ4v) is 2.93. The van der Waals surface area contributed by atoms with Crippen LogP contribution < -0.4 is 0 Å². The van der Waals surface area contributed by atoms with Crippen molar-refractivity contribution in [2.45, 2.75) is 33.1 Å². The van der Waals surface area contributed by atoms with Crippen molar-refractivity contribution in [3.8, 4) is 0 Å². The Bertz CT molecular complexity index is 458. The summed E-state index contributed by atoms with van der Waals surface area (Å²) in [5.41, 5.74) is 3.56. The maximum absolute atomic E-state index is 12.4. The van der Waals surface area contributed by atoms with Gasteiger partial charge < -0.3 is 4.90 Å². The summed E-state index contributed by atoms with van der Waals surface area (Å²) in [6.07, 6.45) is 2.75. The molecule has 0 aliphatic carbocycles. The van der Waals surface area contributed by atoms with E-state index in [0.717, 1.165) is 31.5 Å². The van der Waals surface area contributed by atoms with Crippen LogP contribution in [0.4, 0.5) is 0 Å². The number of carbonyl (C=O) groups is 1. The van der Waals surface area contributed by atoms with Crippen LogP contribution in [0.15, 0.2) is 18.2 Å². The molecule has 1 aliphatic heterocycles. The molecule has 0 spiro atoms. The van der Waals surface area contributed by atoms with E-state index in [2.05, 4.69) is 32.0 Å². The largest absolute Gasteiger partial charge is 0.342 e. The highest BCUT2D eigenvalue weighted by molar-refractivity contribution is 6.18. The van der Waals surface area contributed by atoms with Gasteiger partial charge in [-0.25, -0.2) is 0 Å². The maximum Gasteiger partial charge on any atom is 0.227 e. The van der Waals surface area contributed by atoms with Crippen LogP contribution in [0.2, 0.25) is 0 Å². The van der Waals surface area contributed by atoms with E-state index in [1.54, 1.807) is 0 Å². The second-order valence-electron chi connectivity index (χ2n) is 5.61. The van der Waals surface area contributed by atoms with Gasteiger partial charge in [-0.2, -0.15) is 0 Å². The molecule has 1 atom stereocenters. The molecule has 1 unspecified atom stereocenters. The van der Waals surface area contributed by atoms with Crippen LogP contribution in [0.1, 0.15) is 29.5 Å². The first kappa shape index (κ1) is 14.4. The number of alkyl halides is 1. The Kier molecular flexibility index (Phi) is 4.87. The fourth-order valence-electron chi connectivity index (χ4n) is 2.68. The number of aryl methyl sites for hydroxylation is 2. The number of halogens is 1. The molecule has 0 saturated carbocycles. The predicted octanol–water partition coefficient (Wildman–Crippen LogP) is 3.32. The number of likely N-dealkylation sites (tertiary alicyclic amines) is 1. The Hall–Kier alpha value is -1.02. The summed E-state index contributed by atoms with van der Waals surface area (Å²) in [5.74, 6) is 1.37. The minimum Gasteiger partial charge on any atom is -0.342 e. The number of nitrogens with zero attached hydrogens (tertiary/aromatic N) is 1. The van der Waals surface area contributed by atoms with Gasteiger partial charge in [0, 0.05) is 19.0 Å². The molecule has 2 nitrogen and oxygen atoms in total. The quantitative estimate of drug-likeness (QED) is 0.777. The van der Waals surface area contributed by atoms with Crippen LogP contribution in [0, 0.1) is 19.8 Å². The Labute approximate surface area is 120 Å². The van der Waals surface area contributed by atoms with E-state index in [9.17, 15) is 4.79 Å². The van der Waals surface area contributed by atoms with Crippen LogP contribution in [-0.2, 0) is 11.2 Å². The van der Waals surface area contributed by atoms with Crippen LogP contribution in [0.5, 0.6) is 0 Å². The lowest BCUT2D eigenvalue weighted by molar-refractivity contribution is -0.132. The number of carbonyl (C=O) groups excluding carboxylic acids is 1. The number of benzene rings is 1. The molecule has 0 radical (unpaired) electrons. The first-order valence-corrected chi connectivity index (χ1v) is 7.53. The Morgan fingerprint density at radius 3 is 2.95 bits per heavy atom. The van der Waals surface area contributed by atoms with Crippen LogP contribution in [-0.4, -0.2) is 29.8 Å². The zero-order valence-corrected chi connectivity index (χ0v) is 12.5. The molecule has 0 N–H and O–H groups in total. The third-order valence-electron chi connectivity index (χ3n) is 3.94. The van der Waals surface area contributed by atoms with Gasteiger partial charge >= 0.3 is 0 Å². The van der Waals surface area contributed by atoms with Gasteiger partial charge in [-0.15, -0.1) is 11.6 Å². The topological polar surface area (TPSA) is 20.3 Å². The molecule has 1 aromatic rings. The Morgan fingerprint density at radius 2 is 2.21 bits per heavy atom. The summed E-state index contributed by atoms with van der Waals surface area (Å²) in [6.45, 7) is 5.85. The SMILES string of the molecule is Cc1ccc(C)c(CC(=O)N2CCCC(CCl)C2)c1. The van der Waals surface area contributed by atoms with Gasteiger partial charge in [-0.1, -0.05) is 23.8 Å². The van der Waals surface area contributed by atoms with E-state index < -0.39 is 0 Å². The zero-order chi connectivity index (χ0) is 13.8. The van der Waals surface area contributed by atoms with Gasteiger partial charge in [-0.05, 0) is 43.7 Å². The van der Waals surface area contributed by atoms with Crippen molar-refractivity contribution < 1.29 is 4.79 Å². The van der Waals surface area contributed by atoms with Crippen molar-refractivity contribution in [3.63, 3.8) is 0 Å². The Balaban J connectivity index is 2.02. The number of rotatable bonds is 3. The number of hydrogen-bond donors (Lipinski definition) is 0. The van der Waals surface area contributed by atoms with Crippen molar-refractivity contribution in [1.82, 2.24) is 4.90 Å². The lowest BCUT2D eigenvalue weighted by Gasteiger charge is -2.32. The molecule has 2 rings (SSSR count). The monoisotopic (exact) mass is 279 g/mol. The van der Waals surface area contributed by atoms with E-state index in [-0.39, 0.29) is 5.91 Å². The van der Waals surface area contributed by atoms with Gasteiger partial charge in [-0.3, -0.25) is 4.79 Å². The summed E-state index contributed by atoms with van der Waals surface area (Å²) in [7, 11) is 0. The van der Waals surface area contributed by atoms with Crippen LogP contribution >= 0.6 is 11.6 Å². The second kappa shape index (κ2) is 6.42. The average Bonchev–Trinajstić information content (AvgIpc) is 2.43. The molecule has 0 bridgehead atoms. The molecule has 3 heteroatoms. The third-order valence-corrected chi connectivity index (χ3v) is 4.37. The van der Waals surface area contributed by atoms with Gasteiger partial charge in [0.2, 0.25) is 5.91 Å². The summed E-state index contributed by atoms with van der Waals surface area (Å²) in [6, 6.07) is 6.31. The van der Waals surface area contributed by atoms with Crippen molar-refractivity contribution in [2.75, 3.05) is 19.0 Å². The summed E-state index contributed by atoms with van der Waals surface area (Å²) in [4.78, 5) is 14.4. The molecule has 1 aliphatic rings. The van der Waals surface area contributed by atoms with Gasteiger partial charge in [0.15, 0.2) is 0 Å². The summed E-state index contributed by atoms with van der Waals surface area (Å²) < 4.78 is 0. The highest BCUT2D eigenvalue weighted by Crippen LogP contribution is 2.19. The Morgan fingerprint density at radius 1 is 1.42 bits per heavy atom. The molecule has 1 fully saturated rings. The summed E-state index contributed by atoms with van der Waals surface area (Å²) in [5, 5.41) is 0. The lowest BCUT2D eigenvalue weighted by Crippen LogP contribution is -2.41. The highest BCUT2D eigenvalue weighted by Gasteiger charge is 2.23. The zero-order valence-electron chi connectivity index (χ0n) is 11.8. The smallest absolute Gasteiger partial charge is 0.227 e.